The zero-order valence-electron chi connectivity index (χ0n) is 10.7. The molecule has 2 atom stereocenters. The number of thioether (sulfide) groups is 1. The summed E-state index contributed by atoms with van der Waals surface area (Å²) in [6.45, 7) is 5.34. The van der Waals surface area contributed by atoms with Crippen molar-refractivity contribution in [2.75, 3.05) is 5.75 Å². The Morgan fingerprint density at radius 2 is 2.47 bits per heavy atom. The van der Waals surface area contributed by atoms with Gasteiger partial charge in [-0.3, -0.25) is 0 Å². The Morgan fingerprint density at radius 3 is 3.12 bits per heavy atom. The van der Waals surface area contributed by atoms with Crippen molar-refractivity contribution in [3.63, 3.8) is 0 Å². The van der Waals surface area contributed by atoms with Gasteiger partial charge in [-0.2, -0.15) is 11.8 Å². The second-order valence-corrected chi connectivity index (χ2v) is 6.65. The number of nitrogens with zero attached hydrogens (tertiary/aromatic N) is 2. The van der Waals surface area contributed by atoms with Crippen molar-refractivity contribution >= 4 is 11.8 Å². The minimum Gasteiger partial charge on any atom is -0.391 e. The van der Waals surface area contributed by atoms with Crippen molar-refractivity contribution in [2.45, 2.75) is 56.9 Å². The van der Waals surface area contributed by atoms with Crippen molar-refractivity contribution in [3.05, 3.63) is 18.2 Å². The monoisotopic (exact) mass is 254 g/mol. The zero-order valence-corrected chi connectivity index (χ0v) is 11.5. The summed E-state index contributed by atoms with van der Waals surface area (Å²) >= 11 is 1.91. The van der Waals surface area contributed by atoms with Crippen LogP contribution in [0.4, 0.5) is 0 Å². The van der Waals surface area contributed by atoms with Crippen LogP contribution in [0, 0.1) is 0 Å². The van der Waals surface area contributed by atoms with E-state index in [0.717, 1.165) is 25.2 Å². The van der Waals surface area contributed by atoms with Crippen LogP contribution in [-0.4, -0.2) is 31.3 Å². The Balaban J connectivity index is 2.02. The second kappa shape index (κ2) is 5.44. The lowest BCUT2D eigenvalue weighted by molar-refractivity contribution is 0.130. The van der Waals surface area contributed by atoms with Crippen LogP contribution in [0.15, 0.2) is 12.4 Å². The van der Waals surface area contributed by atoms with Crippen LogP contribution in [0.1, 0.15) is 38.9 Å². The summed E-state index contributed by atoms with van der Waals surface area (Å²) < 4.78 is 2.19. The van der Waals surface area contributed by atoms with E-state index in [4.69, 9.17) is 0 Å². The van der Waals surface area contributed by atoms with Gasteiger partial charge in [0.2, 0.25) is 0 Å². The minimum atomic E-state index is -0.284. The predicted octanol–water partition coefficient (Wildman–Crippen LogP) is 2.48. The topological polar surface area (TPSA) is 38.0 Å². The molecule has 96 valence electrons. The van der Waals surface area contributed by atoms with Gasteiger partial charge in [0.05, 0.1) is 6.10 Å². The summed E-state index contributed by atoms with van der Waals surface area (Å²) in [5, 5.41) is 10.4. The molecule has 1 fully saturated rings. The fourth-order valence-corrected chi connectivity index (χ4v) is 3.75. The quantitative estimate of drug-likeness (QED) is 0.877. The molecule has 0 saturated carbocycles. The number of aryl methyl sites for hydroxylation is 1. The highest BCUT2D eigenvalue weighted by Crippen LogP contribution is 2.41. The molecule has 1 aromatic heterocycles. The highest BCUT2D eigenvalue weighted by Gasteiger charge is 2.37. The zero-order chi connectivity index (χ0) is 12.3. The Bertz CT molecular complexity index is 358. The molecule has 1 saturated heterocycles. The van der Waals surface area contributed by atoms with Crippen LogP contribution in [0.5, 0.6) is 0 Å². The van der Waals surface area contributed by atoms with E-state index >= 15 is 0 Å². The first kappa shape index (κ1) is 13.0. The molecule has 0 aliphatic carbocycles. The maximum Gasteiger partial charge on any atom is 0.111 e. The van der Waals surface area contributed by atoms with E-state index < -0.39 is 0 Å². The highest BCUT2D eigenvalue weighted by atomic mass is 32.2. The van der Waals surface area contributed by atoms with Crippen LogP contribution < -0.4 is 0 Å². The standard InChI is InChI=1S/C13H22N2OS/c1-3-7-15-8-6-14-12(15)10-11(16)13(2)5-4-9-17-13/h6,8,11,16H,3-5,7,9-10H2,1-2H3. The van der Waals surface area contributed by atoms with Crippen LogP contribution in [0.2, 0.25) is 0 Å². The third kappa shape index (κ3) is 2.86. The van der Waals surface area contributed by atoms with Gasteiger partial charge in [0.25, 0.3) is 0 Å². The maximum absolute atomic E-state index is 10.4. The summed E-state index contributed by atoms with van der Waals surface area (Å²) in [6.07, 6.45) is 7.68. The third-order valence-electron chi connectivity index (χ3n) is 3.60. The summed E-state index contributed by atoms with van der Waals surface area (Å²) in [7, 11) is 0. The Labute approximate surface area is 108 Å². The van der Waals surface area contributed by atoms with Gasteiger partial charge in [0.1, 0.15) is 5.82 Å². The molecule has 3 nitrogen and oxygen atoms in total. The summed E-state index contributed by atoms with van der Waals surface area (Å²) in [5.41, 5.74) is 0. The lowest BCUT2D eigenvalue weighted by Gasteiger charge is -2.29. The molecule has 1 aliphatic rings. The maximum atomic E-state index is 10.4. The fraction of sp³-hybridized carbons (Fsp3) is 0.769. The molecule has 2 heterocycles. The Kier molecular flexibility index (Phi) is 4.15. The molecule has 0 radical (unpaired) electrons. The van der Waals surface area contributed by atoms with E-state index in [1.807, 2.05) is 24.2 Å². The molecule has 0 aromatic carbocycles. The number of aliphatic hydroxyl groups excluding tert-OH is 1. The first-order valence-electron chi connectivity index (χ1n) is 6.48. The van der Waals surface area contributed by atoms with Crippen molar-refractivity contribution in [2.24, 2.45) is 0 Å². The van der Waals surface area contributed by atoms with Crippen molar-refractivity contribution < 1.29 is 5.11 Å². The third-order valence-corrected chi connectivity index (χ3v) is 5.22. The molecule has 0 bridgehead atoms. The molecule has 17 heavy (non-hydrogen) atoms. The molecule has 2 rings (SSSR count). The Morgan fingerprint density at radius 1 is 1.65 bits per heavy atom. The first-order valence-corrected chi connectivity index (χ1v) is 7.46. The smallest absolute Gasteiger partial charge is 0.111 e. The number of rotatable bonds is 5. The lowest BCUT2D eigenvalue weighted by Crippen LogP contribution is -2.36. The second-order valence-electron chi connectivity index (χ2n) is 5.02. The van der Waals surface area contributed by atoms with Gasteiger partial charge in [0.15, 0.2) is 0 Å². The van der Waals surface area contributed by atoms with Crippen LogP contribution in [-0.2, 0) is 13.0 Å². The average molecular weight is 254 g/mol. The van der Waals surface area contributed by atoms with E-state index in [2.05, 4.69) is 23.4 Å². The predicted molar refractivity (Wildman–Crippen MR) is 72.3 cm³/mol. The first-order chi connectivity index (χ1) is 8.15. The normalized spacial score (nSPS) is 26.3. The molecule has 4 heteroatoms. The van der Waals surface area contributed by atoms with Crippen LogP contribution in [0.25, 0.3) is 0 Å². The van der Waals surface area contributed by atoms with E-state index in [0.29, 0.717) is 6.42 Å². The molecule has 1 aliphatic heterocycles. The van der Waals surface area contributed by atoms with Gasteiger partial charge in [-0.1, -0.05) is 6.92 Å². The number of aromatic nitrogens is 2. The molecular formula is C13H22N2OS. The van der Waals surface area contributed by atoms with Crippen LogP contribution in [0.3, 0.4) is 0 Å². The summed E-state index contributed by atoms with van der Waals surface area (Å²) in [5.74, 6) is 2.20. The Hall–Kier alpha value is -0.480. The van der Waals surface area contributed by atoms with E-state index in [1.54, 1.807) is 0 Å². The molecule has 0 amide bonds. The molecule has 1 aromatic rings. The average Bonchev–Trinajstić information content (AvgIpc) is 2.90. The number of hydrogen-bond acceptors (Lipinski definition) is 3. The SMILES string of the molecule is CCCn1ccnc1CC(O)C1(C)CCCS1. The molecular weight excluding hydrogens is 232 g/mol. The van der Waals surface area contributed by atoms with Gasteiger partial charge in [-0.05, 0) is 31.9 Å². The van der Waals surface area contributed by atoms with Gasteiger partial charge in [0, 0.05) is 30.1 Å². The van der Waals surface area contributed by atoms with Crippen molar-refractivity contribution in [1.82, 2.24) is 9.55 Å². The molecule has 0 spiro atoms. The van der Waals surface area contributed by atoms with Gasteiger partial charge < -0.3 is 9.67 Å². The number of imidazole rings is 1. The van der Waals surface area contributed by atoms with Gasteiger partial charge in [-0.15, -0.1) is 0 Å². The van der Waals surface area contributed by atoms with Gasteiger partial charge >= 0.3 is 0 Å². The number of hydrogen-bond donors (Lipinski definition) is 1. The van der Waals surface area contributed by atoms with Crippen molar-refractivity contribution in [1.29, 1.82) is 0 Å². The fourth-order valence-electron chi connectivity index (χ4n) is 2.43. The molecule has 1 N–H and O–H groups in total. The number of aliphatic hydroxyl groups is 1. The van der Waals surface area contributed by atoms with Gasteiger partial charge in [-0.25, -0.2) is 4.98 Å². The minimum absolute atomic E-state index is 0.0307. The van der Waals surface area contributed by atoms with E-state index in [1.165, 1.54) is 12.2 Å². The van der Waals surface area contributed by atoms with E-state index in [-0.39, 0.29) is 10.9 Å². The van der Waals surface area contributed by atoms with Crippen molar-refractivity contribution in [3.8, 4) is 0 Å². The lowest BCUT2D eigenvalue weighted by atomic mass is 9.96. The summed E-state index contributed by atoms with van der Waals surface area (Å²) in [4.78, 5) is 4.37. The van der Waals surface area contributed by atoms with Crippen LogP contribution >= 0.6 is 11.8 Å². The van der Waals surface area contributed by atoms with E-state index in [9.17, 15) is 5.11 Å². The summed E-state index contributed by atoms with van der Waals surface area (Å²) in [6, 6.07) is 0. The molecule has 2 unspecified atom stereocenters. The largest absolute Gasteiger partial charge is 0.391 e. The highest BCUT2D eigenvalue weighted by molar-refractivity contribution is 8.00.